The molecule has 1 aliphatic rings. The van der Waals surface area contributed by atoms with Crippen molar-refractivity contribution >= 4 is 27.9 Å². The Morgan fingerprint density at radius 3 is 2.50 bits per heavy atom. The van der Waals surface area contributed by atoms with E-state index in [4.69, 9.17) is 14.2 Å². The summed E-state index contributed by atoms with van der Waals surface area (Å²) in [5, 5.41) is 3.37. The molecule has 1 aliphatic heterocycles. The second-order valence-electron chi connectivity index (χ2n) is 6.00. The Labute approximate surface area is 162 Å². The summed E-state index contributed by atoms with van der Waals surface area (Å²) in [5.74, 6) is 2.02. The standard InChI is InChI=1S/C18H26BrN3O4/c1-20-18(22-7-5-13(6-8-22)17(23)26-4)21-11-12-9-14(19)16(25-3)15(10-12)24-2/h9-10,13H,5-8,11H2,1-4H3,(H,20,21). The van der Waals surface area contributed by atoms with Crippen LogP contribution < -0.4 is 14.8 Å². The van der Waals surface area contributed by atoms with Gasteiger partial charge in [-0.25, -0.2) is 0 Å². The highest BCUT2D eigenvalue weighted by Gasteiger charge is 2.27. The largest absolute Gasteiger partial charge is 0.493 e. The van der Waals surface area contributed by atoms with Crippen molar-refractivity contribution in [2.45, 2.75) is 19.4 Å². The molecule has 1 aromatic rings. The Hall–Kier alpha value is -1.96. The van der Waals surface area contributed by atoms with Gasteiger partial charge in [-0.2, -0.15) is 0 Å². The van der Waals surface area contributed by atoms with Gasteiger partial charge in [0.15, 0.2) is 17.5 Å². The predicted molar refractivity (Wildman–Crippen MR) is 104 cm³/mol. The fourth-order valence-electron chi connectivity index (χ4n) is 3.08. The SMILES string of the molecule is CN=C(NCc1cc(Br)c(OC)c(OC)c1)N1CCC(C(=O)OC)CC1. The van der Waals surface area contributed by atoms with Crippen LogP contribution in [0.4, 0.5) is 0 Å². The van der Waals surface area contributed by atoms with Gasteiger partial charge in [-0.15, -0.1) is 0 Å². The number of piperidine rings is 1. The first-order chi connectivity index (χ1) is 12.5. The first-order valence-electron chi connectivity index (χ1n) is 8.47. The van der Waals surface area contributed by atoms with Gasteiger partial charge in [-0.1, -0.05) is 0 Å². The quantitative estimate of drug-likeness (QED) is 0.441. The molecule has 0 aliphatic carbocycles. The molecule has 1 saturated heterocycles. The molecule has 26 heavy (non-hydrogen) atoms. The molecule has 0 atom stereocenters. The summed E-state index contributed by atoms with van der Waals surface area (Å²) in [6.45, 7) is 2.15. The van der Waals surface area contributed by atoms with Gasteiger partial charge in [0.25, 0.3) is 0 Å². The lowest BCUT2D eigenvalue weighted by Gasteiger charge is -2.33. The van der Waals surface area contributed by atoms with Gasteiger partial charge < -0.3 is 24.4 Å². The summed E-state index contributed by atoms with van der Waals surface area (Å²) in [6, 6.07) is 3.93. The maximum Gasteiger partial charge on any atom is 0.308 e. The zero-order chi connectivity index (χ0) is 19.1. The minimum Gasteiger partial charge on any atom is -0.493 e. The highest BCUT2D eigenvalue weighted by molar-refractivity contribution is 9.10. The molecule has 8 heteroatoms. The van der Waals surface area contributed by atoms with Gasteiger partial charge in [0.05, 0.1) is 31.7 Å². The molecular formula is C18H26BrN3O4. The number of ether oxygens (including phenoxy) is 3. The summed E-state index contributed by atoms with van der Waals surface area (Å²) in [5.41, 5.74) is 1.04. The number of nitrogens with one attached hydrogen (secondary N) is 1. The number of nitrogens with zero attached hydrogens (tertiary/aromatic N) is 2. The third-order valence-corrected chi connectivity index (χ3v) is 5.07. The van der Waals surface area contributed by atoms with Crippen molar-refractivity contribution in [3.05, 3.63) is 22.2 Å². The van der Waals surface area contributed by atoms with Crippen LogP contribution in [0.15, 0.2) is 21.6 Å². The molecule has 1 N–H and O–H groups in total. The maximum atomic E-state index is 11.7. The van der Waals surface area contributed by atoms with Crippen molar-refractivity contribution in [1.82, 2.24) is 10.2 Å². The smallest absolute Gasteiger partial charge is 0.308 e. The van der Waals surface area contributed by atoms with Crippen molar-refractivity contribution in [3.63, 3.8) is 0 Å². The summed E-state index contributed by atoms with van der Waals surface area (Å²) < 4.78 is 16.4. The van der Waals surface area contributed by atoms with E-state index in [-0.39, 0.29) is 11.9 Å². The van der Waals surface area contributed by atoms with E-state index in [1.165, 1.54) is 7.11 Å². The van der Waals surface area contributed by atoms with E-state index in [0.29, 0.717) is 18.0 Å². The molecule has 1 fully saturated rings. The van der Waals surface area contributed by atoms with Gasteiger partial charge in [-0.3, -0.25) is 9.79 Å². The lowest BCUT2D eigenvalue weighted by molar-refractivity contribution is -0.146. The molecular weight excluding hydrogens is 402 g/mol. The third-order valence-electron chi connectivity index (χ3n) is 4.48. The number of likely N-dealkylation sites (tertiary alicyclic amines) is 1. The molecule has 144 valence electrons. The minimum atomic E-state index is -0.122. The number of rotatable bonds is 5. The molecule has 0 radical (unpaired) electrons. The van der Waals surface area contributed by atoms with E-state index >= 15 is 0 Å². The summed E-state index contributed by atoms with van der Waals surface area (Å²) in [6.07, 6.45) is 1.55. The van der Waals surface area contributed by atoms with E-state index < -0.39 is 0 Å². The number of methoxy groups -OCH3 is 3. The molecule has 0 amide bonds. The van der Waals surface area contributed by atoms with Crippen LogP contribution in [-0.2, 0) is 16.1 Å². The molecule has 0 aromatic heterocycles. The van der Waals surface area contributed by atoms with Crippen molar-refractivity contribution in [3.8, 4) is 11.5 Å². The van der Waals surface area contributed by atoms with Crippen LogP contribution >= 0.6 is 15.9 Å². The van der Waals surface area contributed by atoms with Crippen LogP contribution in [0.5, 0.6) is 11.5 Å². The number of hydrogen-bond acceptors (Lipinski definition) is 5. The number of hydrogen-bond donors (Lipinski definition) is 1. The van der Waals surface area contributed by atoms with Crippen LogP contribution in [0, 0.1) is 5.92 Å². The topological polar surface area (TPSA) is 72.4 Å². The minimum absolute atomic E-state index is 0.0174. The molecule has 2 rings (SSSR count). The lowest BCUT2D eigenvalue weighted by Crippen LogP contribution is -2.46. The van der Waals surface area contributed by atoms with E-state index in [9.17, 15) is 4.79 Å². The van der Waals surface area contributed by atoms with Crippen molar-refractivity contribution in [1.29, 1.82) is 0 Å². The number of carbonyl (C=O) groups excluding carboxylic acids is 1. The molecule has 0 saturated carbocycles. The van der Waals surface area contributed by atoms with E-state index in [1.54, 1.807) is 21.3 Å². The lowest BCUT2D eigenvalue weighted by atomic mass is 9.97. The summed E-state index contributed by atoms with van der Waals surface area (Å²) >= 11 is 3.51. The average molecular weight is 428 g/mol. The first-order valence-corrected chi connectivity index (χ1v) is 9.27. The molecule has 1 heterocycles. The Kier molecular flexibility index (Phi) is 7.56. The number of esters is 1. The van der Waals surface area contributed by atoms with Crippen LogP contribution in [0.25, 0.3) is 0 Å². The molecule has 0 unspecified atom stereocenters. The number of aliphatic imine (C=N–C) groups is 1. The molecule has 7 nitrogen and oxygen atoms in total. The highest BCUT2D eigenvalue weighted by Crippen LogP contribution is 2.36. The normalized spacial score (nSPS) is 15.6. The van der Waals surface area contributed by atoms with E-state index in [1.807, 2.05) is 12.1 Å². The van der Waals surface area contributed by atoms with Crippen LogP contribution in [0.1, 0.15) is 18.4 Å². The second-order valence-corrected chi connectivity index (χ2v) is 6.85. The zero-order valence-corrected chi connectivity index (χ0v) is 17.3. The zero-order valence-electron chi connectivity index (χ0n) is 15.7. The highest BCUT2D eigenvalue weighted by atomic mass is 79.9. The van der Waals surface area contributed by atoms with E-state index in [2.05, 4.69) is 31.1 Å². The van der Waals surface area contributed by atoms with Gasteiger partial charge in [0.1, 0.15) is 0 Å². The number of benzene rings is 1. The average Bonchev–Trinajstić information content (AvgIpc) is 2.67. The molecule has 0 spiro atoms. The van der Waals surface area contributed by atoms with Gasteiger partial charge in [0.2, 0.25) is 0 Å². The van der Waals surface area contributed by atoms with Crippen molar-refractivity contribution < 1.29 is 19.0 Å². The summed E-state index contributed by atoms with van der Waals surface area (Å²) in [7, 11) is 6.43. The summed E-state index contributed by atoms with van der Waals surface area (Å²) in [4.78, 5) is 18.2. The second kappa shape index (κ2) is 9.66. The van der Waals surface area contributed by atoms with E-state index in [0.717, 1.165) is 41.9 Å². The fourth-order valence-corrected chi connectivity index (χ4v) is 3.73. The van der Waals surface area contributed by atoms with Crippen LogP contribution in [-0.4, -0.2) is 58.3 Å². The van der Waals surface area contributed by atoms with Crippen LogP contribution in [0.3, 0.4) is 0 Å². The third kappa shape index (κ3) is 4.81. The van der Waals surface area contributed by atoms with Gasteiger partial charge >= 0.3 is 5.97 Å². The number of carbonyl (C=O) groups is 1. The Morgan fingerprint density at radius 2 is 1.96 bits per heavy atom. The molecule has 0 bridgehead atoms. The Bertz CT molecular complexity index is 658. The van der Waals surface area contributed by atoms with Crippen LogP contribution in [0.2, 0.25) is 0 Å². The van der Waals surface area contributed by atoms with Crippen molar-refractivity contribution in [2.24, 2.45) is 10.9 Å². The Morgan fingerprint density at radius 1 is 1.27 bits per heavy atom. The first kappa shape index (κ1) is 20.4. The van der Waals surface area contributed by atoms with Gasteiger partial charge in [0, 0.05) is 26.7 Å². The number of halogens is 1. The predicted octanol–water partition coefficient (Wildman–Crippen LogP) is 2.43. The molecule has 1 aromatic carbocycles. The van der Waals surface area contributed by atoms with Gasteiger partial charge in [-0.05, 0) is 46.5 Å². The Balaban J connectivity index is 1.98. The maximum absolute atomic E-state index is 11.7. The van der Waals surface area contributed by atoms with Crippen molar-refractivity contribution in [2.75, 3.05) is 41.5 Å². The monoisotopic (exact) mass is 427 g/mol. The number of guanidine groups is 1. The fraction of sp³-hybridized carbons (Fsp3) is 0.556.